The van der Waals surface area contributed by atoms with E-state index in [4.69, 9.17) is 0 Å². The van der Waals surface area contributed by atoms with Crippen molar-refractivity contribution in [3.8, 4) is 0 Å². The molecule has 1 unspecified atom stereocenters. The Morgan fingerprint density at radius 2 is 1.58 bits per heavy atom. The van der Waals surface area contributed by atoms with Crippen LogP contribution in [-0.4, -0.2) is 5.11 Å². The Hall–Kier alpha value is -2.06. The third-order valence-corrected chi connectivity index (χ3v) is 4.36. The van der Waals surface area contributed by atoms with E-state index in [9.17, 15) is 5.11 Å². The van der Waals surface area contributed by atoms with Crippen LogP contribution in [0, 0.1) is 0 Å². The maximum absolute atomic E-state index is 10.5. The van der Waals surface area contributed by atoms with Crippen LogP contribution in [0.4, 0.5) is 5.69 Å². The highest BCUT2D eigenvalue weighted by Crippen LogP contribution is 2.23. The van der Waals surface area contributed by atoms with Crippen LogP contribution in [0.15, 0.2) is 60.8 Å². The molecular weight excluding hydrogens is 294 g/mol. The van der Waals surface area contributed by atoms with Gasteiger partial charge in [0.15, 0.2) is 0 Å². The molecule has 1 atom stereocenters. The molecular formula is C22H29NO. The molecule has 0 saturated heterocycles. The largest absolute Gasteiger partial charge is 0.382 e. The van der Waals surface area contributed by atoms with E-state index in [0.717, 1.165) is 24.1 Å². The van der Waals surface area contributed by atoms with Crippen LogP contribution in [0.5, 0.6) is 0 Å². The zero-order chi connectivity index (χ0) is 17.4. The lowest BCUT2D eigenvalue weighted by atomic mass is 10.0. The first-order valence-corrected chi connectivity index (χ1v) is 8.95. The molecule has 0 aliphatic carbocycles. The van der Waals surface area contributed by atoms with Crippen molar-refractivity contribution in [1.82, 2.24) is 0 Å². The molecule has 2 N–H and O–H groups in total. The Kier molecular flexibility index (Phi) is 7.07. The zero-order valence-electron chi connectivity index (χ0n) is 14.9. The summed E-state index contributed by atoms with van der Waals surface area (Å²) in [7, 11) is 0. The lowest BCUT2D eigenvalue weighted by Gasteiger charge is -2.17. The molecule has 0 aromatic heterocycles. The van der Waals surface area contributed by atoms with Crippen molar-refractivity contribution in [2.24, 2.45) is 0 Å². The van der Waals surface area contributed by atoms with E-state index in [2.05, 4.69) is 50.0 Å². The Bertz CT molecular complexity index is 628. The minimum absolute atomic E-state index is 0.595. The van der Waals surface area contributed by atoms with Crippen molar-refractivity contribution in [3.63, 3.8) is 0 Å². The third-order valence-electron chi connectivity index (χ3n) is 4.36. The Balaban J connectivity index is 1.94. The SMILES string of the molecule is C=C(Nc1ccc(CC)cc1)C(O)c1ccc(CCCCC)cc1. The Morgan fingerprint density at radius 3 is 2.17 bits per heavy atom. The van der Waals surface area contributed by atoms with Gasteiger partial charge in [-0.3, -0.25) is 0 Å². The molecule has 0 radical (unpaired) electrons. The summed E-state index contributed by atoms with van der Waals surface area (Å²) in [5.74, 6) is 0. The Labute approximate surface area is 146 Å². The molecule has 128 valence electrons. The first-order chi connectivity index (χ1) is 11.6. The van der Waals surface area contributed by atoms with Crippen LogP contribution >= 0.6 is 0 Å². The van der Waals surface area contributed by atoms with Crippen molar-refractivity contribution >= 4 is 5.69 Å². The van der Waals surface area contributed by atoms with E-state index in [1.165, 1.54) is 30.4 Å². The van der Waals surface area contributed by atoms with Crippen LogP contribution in [0.1, 0.15) is 55.9 Å². The van der Waals surface area contributed by atoms with Crippen LogP contribution in [0.25, 0.3) is 0 Å². The predicted molar refractivity (Wildman–Crippen MR) is 103 cm³/mol. The number of unbranched alkanes of at least 4 members (excludes halogenated alkanes) is 2. The average molecular weight is 323 g/mol. The fourth-order valence-electron chi connectivity index (χ4n) is 2.72. The van der Waals surface area contributed by atoms with Gasteiger partial charge in [0.2, 0.25) is 0 Å². The second-order valence-electron chi connectivity index (χ2n) is 6.30. The molecule has 2 nitrogen and oxygen atoms in total. The van der Waals surface area contributed by atoms with Crippen molar-refractivity contribution in [2.45, 2.75) is 52.1 Å². The van der Waals surface area contributed by atoms with E-state index in [1.807, 2.05) is 24.3 Å². The summed E-state index contributed by atoms with van der Waals surface area (Å²) in [5, 5.41) is 13.7. The molecule has 0 saturated carbocycles. The summed E-state index contributed by atoms with van der Waals surface area (Å²) in [6.45, 7) is 8.34. The van der Waals surface area contributed by atoms with Crippen molar-refractivity contribution in [3.05, 3.63) is 77.5 Å². The number of aliphatic hydroxyl groups excluding tert-OH is 1. The second-order valence-corrected chi connectivity index (χ2v) is 6.30. The number of aryl methyl sites for hydroxylation is 2. The minimum atomic E-state index is -0.708. The number of nitrogens with one attached hydrogen (secondary N) is 1. The highest BCUT2D eigenvalue weighted by atomic mass is 16.3. The van der Waals surface area contributed by atoms with Gasteiger partial charge in [-0.15, -0.1) is 0 Å². The Morgan fingerprint density at radius 1 is 0.958 bits per heavy atom. The molecule has 2 aromatic carbocycles. The van der Waals surface area contributed by atoms with Crippen molar-refractivity contribution in [1.29, 1.82) is 0 Å². The van der Waals surface area contributed by atoms with Gasteiger partial charge in [-0.2, -0.15) is 0 Å². The van der Waals surface area contributed by atoms with Gasteiger partial charge in [0, 0.05) is 11.4 Å². The third kappa shape index (κ3) is 5.24. The molecule has 0 amide bonds. The maximum Gasteiger partial charge on any atom is 0.118 e. The fraction of sp³-hybridized carbons (Fsp3) is 0.364. The normalized spacial score (nSPS) is 12.0. The summed E-state index contributed by atoms with van der Waals surface area (Å²) in [6.07, 6.45) is 5.14. The van der Waals surface area contributed by atoms with Crippen LogP contribution in [-0.2, 0) is 12.8 Å². The maximum atomic E-state index is 10.5. The lowest BCUT2D eigenvalue weighted by Crippen LogP contribution is -2.09. The number of rotatable bonds is 9. The highest BCUT2D eigenvalue weighted by Gasteiger charge is 2.11. The number of aliphatic hydroxyl groups is 1. The predicted octanol–water partition coefficient (Wildman–Crippen LogP) is 5.64. The van der Waals surface area contributed by atoms with Gasteiger partial charge in [-0.25, -0.2) is 0 Å². The molecule has 24 heavy (non-hydrogen) atoms. The standard InChI is InChI=1S/C22H29NO/c1-4-6-7-8-19-9-13-20(14-10-19)22(24)17(3)23-21-15-11-18(5-2)12-16-21/h9-16,22-24H,3-8H2,1-2H3. The van der Waals surface area contributed by atoms with Gasteiger partial charge >= 0.3 is 0 Å². The quantitative estimate of drug-likeness (QED) is 0.585. The van der Waals surface area contributed by atoms with Gasteiger partial charge in [-0.05, 0) is 48.1 Å². The molecule has 0 aliphatic heterocycles. The summed E-state index contributed by atoms with van der Waals surface area (Å²) >= 11 is 0. The van der Waals surface area contributed by atoms with Crippen LogP contribution in [0.2, 0.25) is 0 Å². The molecule has 0 heterocycles. The van der Waals surface area contributed by atoms with E-state index in [1.54, 1.807) is 0 Å². The molecule has 0 fully saturated rings. The molecule has 2 heteroatoms. The van der Waals surface area contributed by atoms with Gasteiger partial charge in [-0.1, -0.05) is 69.7 Å². The molecule has 0 spiro atoms. The van der Waals surface area contributed by atoms with Gasteiger partial charge < -0.3 is 10.4 Å². The van der Waals surface area contributed by atoms with Gasteiger partial charge in [0.1, 0.15) is 6.10 Å². The van der Waals surface area contributed by atoms with Crippen LogP contribution in [0.3, 0.4) is 0 Å². The van der Waals surface area contributed by atoms with E-state index in [0.29, 0.717) is 5.70 Å². The molecule has 2 rings (SSSR count). The zero-order valence-corrected chi connectivity index (χ0v) is 14.9. The molecule has 0 aliphatic rings. The number of hydrogen-bond donors (Lipinski definition) is 2. The summed E-state index contributed by atoms with van der Waals surface area (Å²) in [6, 6.07) is 16.4. The highest BCUT2D eigenvalue weighted by molar-refractivity contribution is 5.50. The van der Waals surface area contributed by atoms with Crippen LogP contribution < -0.4 is 5.32 Å². The number of benzene rings is 2. The number of hydrogen-bond acceptors (Lipinski definition) is 2. The van der Waals surface area contributed by atoms with E-state index >= 15 is 0 Å². The summed E-state index contributed by atoms with van der Waals surface area (Å²) < 4.78 is 0. The second kappa shape index (κ2) is 9.29. The minimum Gasteiger partial charge on any atom is -0.382 e. The summed E-state index contributed by atoms with van der Waals surface area (Å²) in [4.78, 5) is 0. The first kappa shape index (κ1) is 18.3. The van der Waals surface area contributed by atoms with E-state index < -0.39 is 6.10 Å². The average Bonchev–Trinajstić information content (AvgIpc) is 2.62. The van der Waals surface area contributed by atoms with Gasteiger partial charge in [0.05, 0.1) is 0 Å². The van der Waals surface area contributed by atoms with Crippen molar-refractivity contribution < 1.29 is 5.11 Å². The topological polar surface area (TPSA) is 32.3 Å². The molecule has 2 aromatic rings. The lowest BCUT2D eigenvalue weighted by molar-refractivity contribution is 0.217. The first-order valence-electron chi connectivity index (χ1n) is 8.95. The summed E-state index contributed by atoms with van der Waals surface area (Å²) in [5.41, 5.74) is 5.04. The smallest absolute Gasteiger partial charge is 0.118 e. The fourth-order valence-corrected chi connectivity index (χ4v) is 2.72. The monoisotopic (exact) mass is 323 g/mol. The van der Waals surface area contributed by atoms with Crippen molar-refractivity contribution in [2.75, 3.05) is 5.32 Å². The van der Waals surface area contributed by atoms with Gasteiger partial charge in [0.25, 0.3) is 0 Å². The molecule has 0 bridgehead atoms. The number of anilines is 1. The van der Waals surface area contributed by atoms with E-state index in [-0.39, 0.29) is 0 Å².